The second kappa shape index (κ2) is 7.07. The molecule has 3 nitrogen and oxygen atoms in total. The second-order valence-electron chi connectivity index (χ2n) is 5.49. The SMILES string of the molecule is CC(C)(CNCC(=O)Nc1ccccc1Cl)c1cccs1. The Kier molecular flexibility index (Phi) is 5.39. The van der Waals surface area contributed by atoms with Crippen molar-refractivity contribution in [2.45, 2.75) is 19.3 Å². The van der Waals surface area contributed by atoms with Crippen LogP contribution in [0.5, 0.6) is 0 Å². The maximum Gasteiger partial charge on any atom is 0.238 e. The van der Waals surface area contributed by atoms with E-state index >= 15 is 0 Å². The molecule has 0 radical (unpaired) electrons. The third kappa shape index (κ3) is 4.56. The van der Waals surface area contributed by atoms with Gasteiger partial charge >= 0.3 is 0 Å². The van der Waals surface area contributed by atoms with Crippen LogP contribution in [-0.4, -0.2) is 19.0 Å². The van der Waals surface area contributed by atoms with Crippen molar-refractivity contribution in [2.75, 3.05) is 18.4 Å². The Morgan fingerprint density at radius 2 is 2.00 bits per heavy atom. The first-order chi connectivity index (χ1) is 9.99. The van der Waals surface area contributed by atoms with Gasteiger partial charge in [0.25, 0.3) is 0 Å². The van der Waals surface area contributed by atoms with Gasteiger partial charge in [0.2, 0.25) is 5.91 Å². The molecule has 0 aliphatic rings. The quantitative estimate of drug-likeness (QED) is 0.846. The second-order valence-corrected chi connectivity index (χ2v) is 6.85. The fourth-order valence-corrected chi connectivity index (χ4v) is 3.03. The third-order valence-corrected chi connectivity index (χ3v) is 4.75. The maximum atomic E-state index is 11.9. The minimum atomic E-state index is -0.0925. The van der Waals surface area contributed by atoms with E-state index in [4.69, 9.17) is 11.6 Å². The number of thiophene rings is 1. The van der Waals surface area contributed by atoms with Crippen molar-refractivity contribution in [3.63, 3.8) is 0 Å². The van der Waals surface area contributed by atoms with Gasteiger partial charge in [-0.1, -0.05) is 43.6 Å². The molecule has 0 bridgehead atoms. The van der Waals surface area contributed by atoms with Crippen LogP contribution < -0.4 is 10.6 Å². The molecule has 0 aliphatic carbocycles. The van der Waals surface area contributed by atoms with Gasteiger partial charge in [0, 0.05) is 16.8 Å². The molecule has 0 aliphatic heterocycles. The lowest BCUT2D eigenvalue weighted by Crippen LogP contribution is -2.37. The van der Waals surface area contributed by atoms with E-state index < -0.39 is 0 Å². The van der Waals surface area contributed by atoms with Gasteiger partial charge in [0.15, 0.2) is 0 Å². The molecule has 2 N–H and O–H groups in total. The predicted molar refractivity (Wildman–Crippen MR) is 90.3 cm³/mol. The van der Waals surface area contributed by atoms with Crippen molar-refractivity contribution in [1.82, 2.24) is 5.32 Å². The average Bonchev–Trinajstić information content (AvgIpc) is 2.96. The van der Waals surface area contributed by atoms with Gasteiger partial charge in [0.05, 0.1) is 17.3 Å². The molecule has 0 saturated carbocycles. The summed E-state index contributed by atoms with van der Waals surface area (Å²) < 4.78 is 0. The predicted octanol–water partition coefficient (Wildman–Crippen LogP) is 3.91. The molecule has 0 unspecified atom stereocenters. The number of hydrogen-bond acceptors (Lipinski definition) is 3. The van der Waals surface area contributed by atoms with Gasteiger partial charge in [-0.2, -0.15) is 0 Å². The Balaban J connectivity index is 1.81. The Morgan fingerprint density at radius 1 is 1.24 bits per heavy atom. The lowest BCUT2D eigenvalue weighted by molar-refractivity contribution is -0.115. The number of benzene rings is 1. The van der Waals surface area contributed by atoms with E-state index in [-0.39, 0.29) is 17.9 Å². The summed E-state index contributed by atoms with van der Waals surface area (Å²) in [6.07, 6.45) is 0. The molecule has 0 spiro atoms. The summed E-state index contributed by atoms with van der Waals surface area (Å²) in [5.41, 5.74) is 0.655. The fraction of sp³-hybridized carbons (Fsp3) is 0.312. The standard InChI is InChI=1S/C16H19ClN2OS/c1-16(2,14-8-5-9-21-14)11-18-10-15(20)19-13-7-4-3-6-12(13)17/h3-9,18H,10-11H2,1-2H3,(H,19,20). The van der Waals surface area contributed by atoms with E-state index in [2.05, 4.69) is 35.9 Å². The molecule has 21 heavy (non-hydrogen) atoms. The molecule has 1 aromatic heterocycles. The number of amides is 1. The highest BCUT2D eigenvalue weighted by Crippen LogP contribution is 2.26. The molecule has 2 rings (SSSR count). The zero-order valence-corrected chi connectivity index (χ0v) is 13.7. The van der Waals surface area contributed by atoms with Crippen molar-refractivity contribution >= 4 is 34.5 Å². The molecule has 1 aromatic carbocycles. The van der Waals surface area contributed by atoms with Gasteiger partial charge in [-0.3, -0.25) is 4.79 Å². The van der Waals surface area contributed by atoms with E-state index in [1.165, 1.54) is 4.88 Å². The molecule has 112 valence electrons. The lowest BCUT2D eigenvalue weighted by atomic mass is 9.91. The van der Waals surface area contributed by atoms with Crippen molar-refractivity contribution in [1.29, 1.82) is 0 Å². The summed E-state index contributed by atoms with van der Waals surface area (Å²) in [5, 5.41) is 8.62. The Morgan fingerprint density at radius 3 is 2.67 bits per heavy atom. The highest BCUT2D eigenvalue weighted by Gasteiger charge is 2.21. The first kappa shape index (κ1) is 16.0. The average molecular weight is 323 g/mol. The largest absolute Gasteiger partial charge is 0.324 e. The number of nitrogens with one attached hydrogen (secondary N) is 2. The van der Waals surface area contributed by atoms with Gasteiger partial charge in [-0.05, 0) is 23.6 Å². The molecule has 0 saturated heterocycles. The molecular formula is C16H19ClN2OS. The van der Waals surface area contributed by atoms with Gasteiger partial charge in [-0.15, -0.1) is 11.3 Å². The minimum absolute atomic E-state index is 0.0127. The summed E-state index contributed by atoms with van der Waals surface area (Å²) in [7, 11) is 0. The van der Waals surface area contributed by atoms with Crippen LogP contribution in [0.25, 0.3) is 0 Å². The number of rotatable bonds is 6. The number of hydrogen-bond donors (Lipinski definition) is 2. The lowest BCUT2D eigenvalue weighted by Gasteiger charge is -2.23. The van der Waals surface area contributed by atoms with E-state index in [0.717, 1.165) is 6.54 Å². The number of para-hydroxylation sites is 1. The van der Waals surface area contributed by atoms with Gasteiger partial charge in [-0.25, -0.2) is 0 Å². The first-order valence-electron chi connectivity index (χ1n) is 6.78. The van der Waals surface area contributed by atoms with Gasteiger partial charge < -0.3 is 10.6 Å². The highest BCUT2D eigenvalue weighted by atomic mass is 35.5. The van der Waals surface area contributed by atoms with E-state index in [0.29, 0.717) is 10.7 Å². The number of carbonyl (C=O) groups excluding carboxylic acids is 1. The Labute approximate surface area is 134 Å². The molecular weight excluding hydrogens is 304 g/mol. The van der Waals surface area contributed by atoms with Crippen molar-refractivity contribution < 1.29 is 4.79 Å². The number of halogens is 1. The van der Waals surface area contributed by atoms with Crippen LogP contribution in [0.2, 0.25) is 5.02 Å². The molecule has 0 fully saturated rings. The van der Waals surface area contributed by atoms with Crippen LogP contribution in [0.4, 0.5) is 5.69 Å². The Hall–Kier alpha value is -1.36. The zero-order chi connectivity index (χ0) is 15.3. The number of anilines is 1. The normalized spacial score (nSPS) is 11.4. The summed E-state index contributed by atoms with van der Waals surface area (Å²) >= 11 is 7.74. The highest BCUT2D eigenvalue weighted by molar-refractivity contribution is 7.10. The first-order valence-corrected chi connectivity index (χ1v) is 8.04. The maximum absolute atomic E-state index is 11.9. The molecule has 0 atom stereocenters. The summed E-state index contributed by atoms with van der Waals surface area (Å²) in [5.74, 6) is -0.0925. The molecule has 2 aromatic rings. The topological polar surface area (TPSA) is 41.1 Å². The molecule has 1 heterocycles. The van der Waals surface area contributed by atoms with E-state index in [1.54, 1.807) is 23.5 Å². The smallest absolute Gasteiger partial charge is 0.238 e. The van der Waals surface area contributed by atoms with Crippen LogP contribution in [-0.2, 0) is 10.2 Å². The summed E-state index contributed by atoms with van der Waals surface area (Å²) in [6.45, 7) is 5.33. The van der Waals surface area contributed by atoms with Gasteiger partial charge in [0.1, 0.15) is 0 Å². The zero-order valence-electron chi connectivity index (χ0n) is 12.2. The summed E-state index contributed by atoms with van der Waals surface area (Å²) in [6, 6.07) is 11.4. The van der Waals surface area contributed by atoms with Crippen LogP contribution in [0, 0.1) is 0 Å². The molecule has 1 amide bonds. The minimum Gasteiger partial charge on any atom is -0.324 e. The van der Waals surface area contributed by atoms with Crippen LogP contribution in [0.1, 0.15) is 18.7 Å². The van der Waals surface area contributed by atoms with Crippen LogP contribution in [0.15, 0.2) is 41.8 Å². The van der Waals surface area contributed by atoms with E-state index in [9.17, 15) is 4.79 Å². The van der Waals surface area contributed by atoms with Crippen molar-refractivity contribution in [3.8, 4) is 0 Å². The monoisotopic (exact) mass is 322 g/mol. The Bertz CT molecular complexity index is 596. The van der Waals surface area contributed by atoms with Crippen molar-refractivity contribution in [2.24, 2.45) is 0 Å². The molecule has 5 heteroatoms. The summed E-state index contributed by atoms with van der Waals surface area (Å²) in [4.78, 5) is 13.2. The third-order valence-electron chi connectivity index (χ3n) is 3.19. The van der Waals surface area contributed by atoms with Crippen LogP contribution in [0.3, 0.4) is 0 Å². The number of carbonyl (C=O) groups is 1. The van der Waals surface area contributed by atoms with E-state index in [1.807, 2.05) is 18.2 Å². The fourth-order valence-electron chi connectivity index (χ4n) is 2.00. The van der Waals surface area contributed by atoms with Crippen LogP contribution >= 0.6 is 22.9 Å². The van der Waals surface area contributed by atoms with Crippen molar-refractivity contribution in [3.05, 3.63) is 51.7 Å².